The van der Waals surface area contributed by atoms with Crippen LogP contribution in [0, 0.1) is 0 Å². The molecule has 0 N–H and O–H groups in total. The quantitative estimate of drug-likeness (QED) is 0.612. The van der Waals surface area contributed by atoms with E-state index >= 15 is 0 Å². The van der Waals surface area contributed by atoms with Gasteiger partial charge in [-0.3, -0.25) is 0 Å². The van der Waals surface area contributed by atoms with Gasteiger partial charge in [0.15, 0.2) is 0 Å². The predicted octanol–water partition coefficient (Wildman–Crippen LogP) is 3.80. The summed E-state index contributed by atoms with van der Waals surface area (Å²) in [5.74, 6) is -1.35. The highest BCUT2D eigenvalue weighted by atomic mass is 16.7. The van der Waals surface area contributed by atoms with E-state index in [4.69, 9.17) is 9.47 Å². The summed E-state index contributed by atoms with van der Waals surface area (Å²) in [5, 5.41) is 0. The molecular weight excluding hydrogens is 252 g/mol. The maximum atomic E-state index is 12.0. The summed E-state index contributed by atoms with van der Waals surface area (Å²) in [4.78, 5) is 12.0. The second-order valence-electron chi connectivity index (χ2n) is 4.93. The van der Waals surface area contributed by atoms with Gasteiger partial charge in [0, 0.05) is 13.8 Å². The Hall–Kier alpha value is -2.13. The lowest BCUT2D eigenvalue weighted by Gasteiger charge is -2.25. The molecule has 0 unspecified atom stereocenters. The molecule has 0 spiro atoms. The van der Waals surface area contributed by atoms with E-state index in [-0.39, 0.29) is 5.97 Å². The van der Waals surface area contributed by atoms with Gasteiger partial charge in [0.1, 0.15) is 0 Å². The Bertz CT molecular complexity index is 547. The number of rotatable bonds is 5. The molecule has 0 amide bonds. The molecule has 0 aliphatic heterocycles. The highest BCUT2D eigenvalue weighted by molar-refractivity contribution is 5.89. The number of ether oxygens (including phenoxy) is 2. The SMILES string of the molecule is CC(C)(OCc1ccccc1)OC(=O)c1ccccc1. The molecule has 0 atom stereocenters. The van der Waals surface area contributed by atoms with Crippen molar-refractivity contribution in [3.8, 4) is 0 Å². The fourth-order valence-corrected chi connectivity index (χ4v) is 1.72. The third-order valence-electron chi connectivity index (χ3n) is 2.78. The molecule has 0 saturated heterocycles. The van der Waals surface area contributed by atoms with Crippen LogP contribution in [0.3, 0.4) is 0 Å². The van der Waals surface area contributed by atoms with Crippen LogP contribution < -0.4 is 0 Å². The Labute approximate surface area is 119 Å². The molecule has 20 heavy (non-hydrogen) atoms. The average Bonchev–Trinajstić information content (AvgIpc) is 2.47. The molecule has 0 bridgehead atoms. The minimum Gasteiger partial charge on any atom is -0.430 e. The maximum Gasteiger partial charge on any atom is 0.340 e. The van der Waals surface area contributed by atoms with Gasteiger partial charge in [-0.25, -0.2) is 4.79 Å². The van der Waals surface area contributed by atoms with Gasteiger partial charge in [0.05, 0.1) is 12.2 Å². The van der Waals surface area contributed by atoms with E-state index in [1.54, 1.807) is 38.1 Å². The topological polar surface area (TPSA) is 35.5 Å². The summed E-state index contributed by atoms with van der Waals surface area (Å²) >= 11 is 0. The van der Waals surface area contributed by atoms with Gasteiger partial charge in [-0.05, 0) is 17.7 Å². The average molecular weight is 270 g/mol. The number of benzene rings is 2. The van der Waals surface area contributed by atoms with Crippen LogP contribution >= 0.6 is 0 Å². The van der Waals surface area contributed by atoms with Crippen molar-refractivity contribution in [2.75, 3.05) is 0 Å². The fraction of sp³-hybridized carbons (Fsp3) is 0.235. The van der Waals surface area contributed by atoms with E-state index in [1.807, 2.05) is 36.4 Å². The Morgan fingerprint density at radius 1 is 0.950 bits per heavy atom. The van der Waals surface area contributed by atoms with Crippen molar-refractivity contribution in [1.82, 2.24) is 0 Å². The first kappa shape index (κ1) is 14.3. The van der Waals surface area contributed by atoms with Crippen molar-refractivity contribution in [2.45, 2.75) is 26.2 Å². The number of hydrogen-bond donors (Lipinski definition) is 0. The first-order chi connectivity index (χ1) is 9.57. The number of hydrogen-bond acceptors (Lipinski definition) is 3. The van der Waals surface area contributed by atoms with Gasteiger partial charge in [-0.15, -0.1) is 0 Å². The molecule has 2 rings (SSSR count). The zero-order valence-electron chi connectivity index (χ0n) is 11.7. The normalized spacial score (nSPS) is 11.1. The van der Waals surface area contributed by atoms with E-state index in [0.717, 1.165) is 5.56 Å². The minimum atomic E-state index is -0.969. The molecule has 0 radical (unpaired) electrons. The zero-order chi connectivity index (χ0) is 14.4. The second-order valence-corrected chi connectivity index (χ2v) is 4.93. The first-order valence-electron chi connectivity index (χ1n) is 6.53. The van der Waals surface area contributed by atoms with Crippen LogP contribution in [0.4, 0.5) is 0 Å². The van der Waals surface area contributed by atoms with Crippen LogP contribution in [0.15, 0.2) is 60.7 Å². The number of carbonyl (C=O) groups excluding carboxylic acids is 1. The Morgan fingerprint density at radius 3 is 2.10 bits per heavy atom. The van der Waals surface area contributed by atoms with E-state index in [2.05, 4.69) is 0 Å². The van der Waals surface area contributed by atoms with Crippen molar-refractivity contribution in [2.24, 2.45) is 0 Å². The molecular formula is C17H18O3. The highest BCUT2D eigenvalue weighted by Gasteiger charge is 2.24. The molecule has 0 aromatic heterocycles. The van der Waals surface area contributed by atoms with Gasteiger partial charge in [0.25, 0.3) is 0 Å². The second kappa shape index (κ2) is 6.35. The van der Waals surface area contributed by atoms with Gasteiger partial charge in [-0.2, -0.15) is 0 Å². The Morgan fingerprint density at radius 2 is 1.50 bits per heavy atom. The molecule has 0 fully saturated rings. The molecule has 3 nitrogen and oxygen atoms in total. The third-order valence-corrected chi connectivity index (χ3v) is 2.78. The minimum absolute atomic E-state index is 0.385. The fourth-order valence-electron chi connectivity index (χ4n) is 1.72. The third kappa shape index (κ3) is 4.21. The molecule has 0 saturated carbocycles. The molecule has 3 heteroatoms. The lowest BCUT2D eigenvalue weighted by molar-refractivity contribution is -0.186. The monoisotopic (exact) mass is 270 g/mol. The van der Waals surface area contributed by atoms with E-state index in [1.165, 1.54) is 0 Å². The summed E-state index contributed by atoms with van der Waals surface area (Å²) in [6.07, 6.45) is 0. The maximum absolute atomic E-state index is 12.0. The molecule has 0 aliphatic rings. The smallest absolute Gasteiger partial charge is 0.340 e. The summed E-state index contributed by atoms with van der Waals surface area (Å²) in [6, 6.07) is 18.7. The van der Waals surface area contributed by atoms with E-state index < -0.39 is 5.79 Å². The van der Waals surface area contributed by atoms with Crippen LogP contribution in [0.5, 0.6) is 0 Å². The number of carbonyl (C=O) groups is 1. The van der Waals surface area contributed by atoms with Crippen molar-refractivity contribution in [3.05, 3.63) is 71.8 Å². The highest BCUT2D eigenvalue weighted by Crippen LogP contribution is 2.17. The summed E-state index contributed by atoms with van der Waals surface area (Å²) in [6.45, 7) is 3.86. The Kier molecular flexibility index (Phi) is 4.53. The van der Waals surface area contributed by atoms with Crippen molar-refractivity contribution >= 4 is 5.97 Å². The summed E-state index contributed by atoms with van der Waals surface area (Å²) in [7, 11) is 0. The van der Waals surface area contributed by atoms with Crippen LogP contribution in [0.25, 0.3) is 0 Å². The Balaban J connectivity index is 1.92. The van der Waals surface area contributed by atoms with Crippen molar-refractivity contribution < 1.29 is 14.3 Å². The summed E-state index contributed by atoms with van der Waals surface area (Å²) in [5.41, 5.74) is 1.56. The van der Waals surface area contributed by atoms with Gasteiger partial charge < -0.3 is 9.47 Å². The van der Waals surface area contributed by atoms with Crippen LogP contribution in [0.2, 0.25) is 0 Å². The largest absolute Gasteiger partial charge is 0.430 e. The summed E-state index contributed by atoms with van der Waals surface area (Å²) < 4.78 is 11.0. The van der Waals surface area contributed by atoms with Crippen LogP contribution in [-0.2, 0) is 16.1 Å². The molecule has 2 aromatic carbocycles. The first-order valence-corrected chi connectivity index (χ1v) is 6.53. The lowest BCUT2D eigenvalue weighted by Crippen LogP contribution is -2.31. The molecule has 0 aliphatic carbocycles. The molecule has 104 valence electrons. The predicted molar refractivity (Wildman–Crippen MR) is 77.2 cm³/mol. The van der Waals surface area contributed by atoms with Crippen LogP contribution in [-0.4, -0.2) is 11.8 Å². The van der Waals surface area contributed by atoms with Gasteiger partial charge >= 0.3 is 5.97 Å². The standard InChI is InChI=1S/C17H18O3/c1-17(2,19-13-14-9-5-3-6-10-14)20-16(18)15-11-7-4-8-12-15/h3-12H,13H2,1-2H3. The van der Waals surface area contributed by atoms with E-state index in [9.17, 15) is 4.79 Å². The molecule has 2 aromatic rings. The van der Waals surface area contributed by atoms with Crippen LogP contribution in [0.1, 0.15) is 29.8 Å². The van der Waals surface area contributed by atoms with E-state index in [0.29, 0.717) is 12.2 Å². The molecule has 0 heterocycles. The van der Waals surface area contributed by atoms with Crippen molar-refractivity contribution in [3.63, 3.8) is 0 Å². The van der Waals surface area contributed by atoms with Gasteiger partial charge in [0.2, 0.25) is 5.79 Å². The van der Waals surface area contributed by atoms with Crippen molar-refractivity contribution in [1.29, 1.82) is 0 Å². The van der Waals surface area contributed by atoms with Gasteiger partial charge in [-0.1, -0.05) is 48.5 Å². The number of esters is 1. The zero-order valence-corrected chi connectivity index (χ0v) is 11.7. The lowest BCUT2D eigenvalue weighted by atomic mass is 10.2.